The van der Waals surface area contributed by atoms with E-state index in [1.807, 2.05) is 98.8 Å². The molecule has 0 radical (unpaired) electrons. The second-order valence-corrected chi connectivity index (χ2v) is 8.78. The van der Waals surface area contributed by atoms with Crippen LogP contribution in [0.1, 0.15) is 42.0 Å². The first kappa shape index (κ1) is 26.9. The highest BCUT2D eigenvalue weighted by Crippen LogP contribution is 2.25. The van der Waals surface area contributed by atoms with Gasteiger partial charge in [-0.3, -0.25) is 0 Å². The minimum atomic E-state index is -0.439. The third-order valence-electron chi connectivity index (χ3n) is 6.03. The minimum absolute atomic E-state index is 0.141. The number of alkyl carbamates (subject to hydrolysis) is 1. The van der Waals surface area contributed by atoms with E-state index < -0.39 is 6.09 Å². The summed E-state index contributed by atoms with van der Waals surface area (Å²) in [7, 11) is 0. The molecule has 0 aliphatic carbocycles. The standard InChI is InChI=1S/C31H34N2O5/c1-3-35-29(18-20-32-31(34)37-22-24-10-6-4-7-11-24)25-14-16-27(17-15-25)36-21-19-28-23(2)38-30(33-28)26-12-8-5-9-13-26/h4-17,29H,3,18-22H2,1-2H3,(H,32,34). The second kappa shape index (κ2) is 14.0. The Kier molecular flexibility index (Phi) is 9.93. The number of benzene rings is 3. The summed E-state index contributed by atoms with van der Waals surface area (Å²) in [6, 6.07) is 27.3. The summed E-state index contributed by atoms with van der Waals surface area (Å²) < 4.78 is 23.0. The number of nitrogens with zero attached hydrogens (tertiary/aromatic N) is 1. The first-order chi connectivity index (χ1) is 18.6. The molecular weight excluding hydrogens is 480 g/mol. The van der Waals surface area contributed by atoms with Gasteiger partial charge in [-0.2, -0.15) is 0 Å². The molecule has 7 nitrogen and oxygen atoms in total. The lowest BCUT2D eigenvalue weighted by molar-refractivity contribution is 0.0557. The van der Waals surface area contributed by atoms with Crippen LogP contribution in [-0.2, 0) is 22.5 Å². The van der Waals surface area contributed by atoms with E-state index in [9.17, 15) is 4.79 Å². The zero-order valence-corrected chi connectivity index (χ0v) is 21.9. The zero-order valence-electron chi connectivity index (χ0n) is 21.9. The summed E-state index contributed by atoms with van der Waals surface area (Å²) in [5.41, 5.74) is 3.83. The summed E-state index contributed by atoms with van der Waals surface area (Å²) in [6.07, 6.45) is 0.699. The molecule has 198 valence electrons. The molecule has 1 unspecified atom stereocenters. The number of nitrogens with one attached hydrogen (secondary N) is 1. The van der Waals surface area contributed by atoms with E-state index in [1.54, 1.807) is 0 Å². The lowest BCUT2D eigenvalue weighted by Crippen LogP contribution is -2.26. The Morgan fingerprint density at radius 3 is 2.39 bits per heavy atom. The van der Waals surface area contributed by atoms with Crippen LogP contribution in [0.5, 0.6) is 5.75 Å². The third-order valence-corrected chi connectivity index (χ3v) is 6.03. The average Bonchev–Trinajstić information content (AvgIpc) is 3.33. The summed E-state index contributed by atoms with van der Waals surface area (Å²) in [6.45, 7) is 5.64. The number of amides is 1. The molecule has 1 N–H and O–H groups in total. The van der Waals surface area contributed by atoms with Crippen LogP contribution in [0.15, 0.2) is 89.3 Å². The number of hydrogen-bond acceptors (Lipinski definition) is 6. The molecule has 3 aromatic carbocycles. The van der Waals surface area contributed by atoms with Crippen LogP contribution in [0.25, 0.3) is 11.5 Å². The molecule has 1 atom stereocenters. The SMILES string of the molecule is CCOC(CCNC(=O)OCc1ccccc1)c1ccc(OCCc2nc(-c3ccccc3)oc2C)cc1. The van der Waals surface area contributed by atoms with Gasteiger partial charge in [-0.1, -0.05) is 60.7 Å². The normalized spacial score (nSPS) is 11.6. The molecule has 4 rings (SSSR count). The highest BCUT2D eigenvalue weighted by molar-refractivity contribution is 5.67. The molecule has 7 heteroatoms. The molecule has 0 aliphatic heterocycles. The zero-order chi connectivity index (χ0) is 26.6. The highest BCUT2D eigenvalue weighted by Gasteiger charge is 2.14. The van der Waals surface area contributed by atoms with Crippen LogP contribution in [0.3, 0.4) is 0 Å². The number of carbonyl (C=O) groups excluding carboxylic acids is 1. The summed E-state index contributed by atoms with van der Waals surface area (Å²) in [4.78, 5) is 16.7. The van der Waals surface area contributed by atoms with Crippen molar-refractivity contribution in [3.05, 3.63) is 108 Å². The van der Waals surface area contributed by atoms with Crippen molar-refractivity contribution in [2.24, 2.45) is 0 Å². The van der Waals surface area contributed by atoms with E-state index in [4.69, 9.17) is 18.6 Å². The topological polar surface area (TPSA) is 82.8 Å². The first-order valence-corrected chi connectivity index (χ1v) is 12.9. The van der Waals surface area contributed by atoms with Crippen molar-refractivity contribution in [1.29, 1.82) is 0 Å². The Balaban J connectivity index is 1.22. The fraction of sp³-hybridized carbons (Fsp3) is 0.290. The number of carbonyl (C=O) groups is 1. The Bertz CT molecular complexity index is 1260. The van der Waals surface area contributed by atoms with Crippen molar-refractivity contribution in [1.82, 2.24) is 10.3 Å². The number of aromatic nitrogens is 1. The van der Waals surface area contributed by atoms with Crippen molar-refractivity contribution in [2.75, 3.05) is 19.8 Å². The molecule has 4 aromatic rings. The molecule has 1 heterocycles. The molecule has 0 saturated heterocycles. The van der Waals surface area contributed by atoms with E-state index in [0.29, 0.717) is 38.5 Å². The van der Waals surface area contributed by atoms with Crippen molar-refractivity contribution in [2.45, 2.75) is 39.4 Å². The van der Waals surface area contributed by atoms with E-state index in [-0.39, 0.29) is 12.7 Å². The third kappa shape index (κ3) is 7.95. The van der Waals surface area contributed by atoms with Crippen LogP contribution in [-0.4, -0.2) is 30.8 Å². The molecule has 0 saturated carbocycles. The van der Waals surface area contributed by atoms with E-state index >= 15 is 0 Å². The molecule has 38 heavy (non-hydrogen) atoms. The second-order valence-electron chi connectivity index (χ2n) is 8.78. The molecule has 0 spiro atoms. The monoisotopic (exact) mass is 514 g/mol. The van der Waals surface area contributed by atoms with Gasteiger partial charge in [0.15, 0.2) is 0 Å². The molecule has 0 bridgehead atoms. The number of ether oxygens (including phenoxy) is 3. The molecule has 0 fully saturated rings. The van der Waals surface area contributed by atoms with Gasteiger partial charge in [0.1, 0.15) is 18.1 Å². The predicted molar refractivity (Wildman–Crippen MR) is 146 cm³/mol. The summed E-state index contributed by atoms with van der Waals surface area (Å²) >= 11 is 0. The van der Waals surface area contributed by atoms with E-state index in [0.717, 1.165) is 33.9 Å². The summed E-state index contributed by atoms with van der Waals surface area (Å²) in [5, 5.41) is 2.80. The van der Waals surface area contributed by atoms with Crippen molar-refractivity contribution in [3.8, 4) is 17.2 Å². The molecular formula is C31H34N2O5. The fourth-order valence-corrected chi connectivity index (χ4v) is 4.04. The van der Waals surface area contributed by atoms with Crippen molar-refractivity contribution < 1.29 is 23.4 Å². The van der Waals surface area contributed by atoms with Gasteiger partial charge in [-0.05, 0) is 55.7 Å². The Morgan fingerprint density at radius 1 is 0.974 bits per heavy atom. The fourth-order valence-electron chi connectivity index (χ4n) is 4.04. The van der Waals surface area contributed by atoms with E-state index in [1.165, 1.54) is 0 Å². The molecule has 1 amide bonds. The van der Waals surface area contributed by atoms with Crippen molar-refractivity contribution in [3.63, 3.8) is 0 Å². The van der Waals surface area contributed by atoms with Gasteiger partial charge in [0, 0.05) is 25.1 Å². The van der Waals surface area contributed by atoms with Gasteiger partial charge in [0.25, 0.3) is 0 Å². The van der Waals surface area contributed by atoms with Gasteiger partial charge in [-0.25, -0.2) is 9.78 Å². The minimum Gasteiger partial charge on any atom is -0.493 e. The highest BCUT2D eigenvalue weighted by atomic mass is 16.5. The first-order valence-electron chi connectivity index (χ1n) is 12.9. The lowest BCUT2D eigenvalue weighted by Gasteiger charge is -2.18. The van der Waals surface area contributed by atoms with Gasteiger partial charge in [-0.15, -0.1) is 0 Å². The van der Waals surface area contributed by atoms with Crippen LogP contribution in [0.4, 0.5) is 4.79 Å². The molecule has 1 aromatic heterocycles. The van der Waals surface area contributed by atoms with Gasteiger partial charge < -0.3 is 23.9 Å². The quantitative estimate of drug-likeness (QED) is 0.215. The Hall–Kier alpha value is -4.10. The largest absolute Gasteiger partial charge is 0.493 e. The van der Waals surface area contributed by atoms with Crippen LogP contribution in [0, 0.1) is 6.92 Å². The van der Waals surface area contributed by atoms with Crippen molar-refractivity contribution >= 4 is 6.09 Å². The number of rotatable bonds is 13. The lowest BCUT2D eigenvalue weighted by atomic mass is 10.1. The predicted octanol–water partition coefficient (Wildman–Crippen LogP) is 6.67. The Labute approximate surface area is 223 Å². The number of hydrogen-bond donors (Lipinski definition) is 1. The van der Waals surface area contributed by atoms with Gasteiger partial charge in [0.2, 0.25) is 5.89 Å². The van der Waals surface area contributed by atoms with Crippen LogP contribution >= 0.6 is 0 Å². The van der Waals surface area contributed by atoms with E-state index in [2.05, 4.69) is 10.3 Å². The average molecular weight is 515 g/mol. The molecule has 0 aliphatic rings. The van der Waals surface area contributed by atoms with Gasteiger partial charge in [0.05, 0.1) is 18.4 Å². The number of aryl methyl sites for hydroxylation is 1. The summed E-state index contributed by atoms with van der Waals surface area (Å²) in [5.74, 6) is 2.21. The Morgan fingerprint density at radius 2 is 1.68 bits per heavy atom. The maximum atomic E-state index is 12.0. The van der Waals surface area contributed by atoms with Gasteiger partial charge >= 0.3 is 6.09 Å². The maximum Gasteiger partial charge on any atom is 0.407 e. The van der Waals surface area contributed by atoms with Crippen LogP contribution in [0.2, 0.25) is 0 Å². The maximum absolute atomic E-state index is 12.0. The van der Waals surface area contributed by atoms with Crippen LogP contribution < -0.4 is 10.1 Å². The smallest absolute Gasteiger partial charge is 0.407 e. The number of oxazole rings is 1.